The van der Waals surface area contributed by atoms with Crippen LogP contribution in [0, 0.1) is 17.2 Å². The van der Waals surface area contributed by atoms with Gasteiger partial charge in [-0.15, -0.1) is 0 Å². The summed E-state index contributed by atoms with van der Waals surface area (Å²) in [5, 5.41) is 8.21. The Kier molecular flexibility index (Phi) is 7.18. The molecule has 0 aliphatic rings. The van der Waals surface area contributed by atoms with Gasteiger partial charge >= 0.3 is 0 Å². The maximum Gasteiger partial charge on any atom is 0.0622 e. The SMILES string of the molecule is CC(C)CCOCCCC#N. The van der Waals surface area contributed by atoms with E-state index < -0.39 is 0 Å². The summed E-state index contributed by atoms with van der Waals surface area (Å²) in [7, 11) is 0. The smallest absolute Gasteiger partial charge is 0.0622 e. The van der Waals surface area contributed by atoms with E-state index in [2.05, 4.69) is 19.9 Å². The molecule has 0 aliphatic heterocycles. The number of unbranched alkanes of at least 4 members (excludes halogenated alkanes) is 1. The maximum atomic E-state index is 8.21. The van der Waals surface area contributed by atoms with Crippen molar-refractivity contribution in [1.29, 1.82) is 5.26 Å². The molecule has 0 amide bonds. The van der Waals surface area contributed by atoms with Crippen LogP contribution in [-0.2, 0) is 4.74 Å². The van der Waals surface area contributed by atoms with Crippen molar-refractivity contribution in [3.8, 4) is 6.07 Å². The Morgan fingerprint density at radius 1 is 1.36 bits per heavy atom. The maximum absolute atomic E-state index is 8.21. The lowest BCUT2D eigenvalue weighted by molar-refractivity contribution is 0.122. The summed E-state index contributed by atoms with van der Waals surface area (Å²) in [5.74, 6) is 0.714. The van der Waals surface area contributed by atoms with E-state index in [-0.39, 0.29) is 0 Å². The molecule has 0 aromatic carbocycles. The molecule has 0 N–H and O–H groups in total. The Bertz CT molecular complexity index is 115. The quantitative estimate of drug-likeness (QED) is 0.551. The van der Waals surface area contributed by atoms with E-state index in [1.807, 2.05) is 0 Å². The van der Waals surface area contributed by atoms with Crippen LogP contribution in [0.15, 0.2) is 0 Å². The fourth-order valence-electron chi connectivity index (χ4n) is 0.674. The van der Waals surface area contributed by atoms with Crippen molar-refractivity contribution < 1.29 is 4.74 Å². The van der Waals surface area contributed by atoms with E-state index in [4.69, 9.17) is 10.00 Å². The first-order valence-corrected chi connectivity index (χ1v) is 4.22. The van der Waals surface area contributed by atoms with Gasteiger partial charge in [0, 0.05) is 19.6 Å². The van der Waals surface area contributed by atoms with Crippen molar-refractivity contribution >= 4 is 0 Å². The molecule has 0 heterocycles. The number of hydrogen-bond donors (Lipinski definition) is 0. The number of hydrogen-bond acceptors (Lipinski definition) is 2. The van der Waals surface area contributed by atoms with Crippen molar-refractivity contribution in [1.82, 2.24) is 0 Å². The third kappa shape index (κ3) is 9.45. The third-order valence-electron chi connectivity index (χ3n) is 1.42. The molecule has 0 aromatic rings. The van der Waals surface area contributed by atoms with Crippen LogP contribution in [0.5, 0.6) is 0 Å². The van der Waals surface area contributed by atoms with Crippen LogP contribution >= 0.6 is 0 Å². The largest absolute Gasteiger partial charge is 0.381 e. The monoisotopic (exact) mass is 155 g/mol. The second-order valence-corrected chi connectivity index (χ2v) is 3.06. The summed E-state index contributed by atoms with van der Waals surface area (Å²) in [6.45, 7) is 5.93. The van der Waals surface area contributed by atoms with Crippen LogP contribution in [0.1, 0.15) is 33.1 Å². The lowest BCUT2D eigenvalue weighted by atomic mass is 10.1. The molecule has 0 unspecified atom stereocenters. The highest BCUT2D eigenvalue weighted by Crippen LogP contribution is 1.99. The highest BCUT2D eigenvalue weighted by molar-refractivity contribution is 4.67. The van der Waals surface area contributed by atoms with E-state index in [1.54, 1.807) is 0 Å². The van der Waals surface area contributed by atoms with Gasteiger partial charge in [0.25, 0.3) is 0 Å². The van der Waals surface area contributed by atoms with Crippen LogP contribution in [0.25, 0.3) is 0 Å². The van der Waals surface area contributed by atoms with E-state index in [0.29, 0.717) is 12.3 Å². The number of ether oxygens (including phenoxy) is 1. The average molecular weight is 155 g/mol. The molecule has 0 rings (SSSR count). The van der Waals surface area contributed by atoms with Crippen molar-refractivity contribution in [3.05, 3.63) is 0 Å². The summed E-state index contributed by atoms with van der Waals surface area (Å²) in [5.41, 5.74) is 0. The first-order valence-electron chi connectivity index (χ1n) is 4.22. The van der Waals surface area contributed by atoms with E-state index in [9.17, 15) is 0 Å². The summed E-state index contributed by atoms with van der Waals surface area (Å²) in [6, 6.07) is 2.09. The predicted molar refractivity (Wildman–Crippen MR) is 45.1 cm³/mol. The van der Waals surface area contributed by atoms with Gasteiger partial charge in [-0.25, -0.2) is 0 Å². The summed E-state index contributed by atoms with van der Waals surface area (Å²) >= 11 is 0. The highest BCUT2D eigenvalue weighted by atomic mass is 16.5. The van der Waals surface area contributed by atoms with Gasteiger partial charge in [0.15, 0.2) is 0 Å². The van der Waals surface area contributed by atoms with Crippen molar-refractivity contribution in [2.75, 3.05) is 13.2 Å². The summed E-state index contributed by atoms with van der Waals surface area (Å²) in [4.78, 5) is 0. The first kappa shape index (κ1) is 10.4. The zero-order valence-corrected chi connectivity index (χ0v) is 7.47. The second kappa shape index (κ2) is 7.56. The van der Waals surface area contributed by atoms with Gasteiger partial charge in [0.05, 0.1) is 6.07 Å². The van der Waals surface area contributed by atoms with Crippen LogP contribution in [-0.4, -0.2) is 13.2 Å². The normalized spacial score (nSPS) is 10.0. The van der Waals surface area contributed by atoms with Gasteiger partial charge in [0.1, 0.15) is 0 Å². The number of nitriles is 1. The van der Waals surface area contributed by atoms with Crippen molar-refractivity contribution in [2.45, 2.75) is 33.1 Å². The van der Waals surface area contributed by atoms with Gasteiger partial charge in [-0.3, -0.25) is 0 Å². The number of nitrogens with zero attached hydrogens (tertiary/aromatic N) is 1. The lowest BCUT2D eigenvalue weighted by Crippen LogP contribution is -2.00. The van der Waals surface area contributed by atoms with E-state index in [0.717, 1.165) is 26.1 Å². The molecule has 0 aromatic heterocycles. The lowest BCUT2D eigenvalue weighted by Gasteiger charge is -2.04. The minimum Gasteiger partial charge on any atom is -0.381 e. The Hall–Kier alpha value is -0.550. The average Bonchev–Trinajstić information content (AvgIpc) is 1.96. The van der Waals surface area contributed by atoms with E-state index >= 15 is 0 Å². The molecule has 0 bridgehead atoms. The van der Waals surface area contributed by atoms with Crippen LogP contribution in [0.3, 0.4) is 0 Å². The molecule has 0 radical (unpaired) electrons. The Labute approximate surface area is 69.2 Å². The topological polar surface area (TPSA) is 33.0 Å². The molecular formula is C9H17NO. The van der Waals surface area contributed by atoms with Crippen LogP contribution in [0.2, 0.25) is 0 Å². The van der Waals surface area contributed by atoms with Crippen LogP contribution < -0.4 is 0 Å². The van der Waals surface area contributed by atoms with Gasteiger partial charge < -0.3 is 4.74 Å². The van der Waals surface area contributed by atoms with E-state index in [1.165, 1.54) is 0 Å². The fourth-order valence-corrected chi connectivity index (χ4v) is 0.674. The molecular weight excluding hydrogens is 138 g/mol. The summed E-state index contributed by atoms with van der Waals surface area (Å²) in [6.07, 6.45) is 2.60. The molecule has 0 fully saturated rings. The number of rotatable bonds is 6. The Morgan fingerprint density at radius 3 is 2.64 bits per heavy atom. The standard InChI is InChI=1S/C9H17NO/c1-9(2)5-8-11-7-4-3-6-10/h9H,3-5,7-8H2,1-2H3. The molecule has 0 aliphatic carbocycles. The Balaban J connectivity index is 2.86. The molecule has 11 heavy (non-hydrogen) atoms. The Morgan fingerprint density at radius 2 is 2.09 bits per heavy atom. The minimum atomic E-state index is 0.613. The third-order valence-corrected chi connectivity index (χ3v) is 1.42. The fraction of sp³-hybridized carbons (Fsp3) is 0.889. The molecule has 0 saturated carbocycles. The van der Waals surface area contributed by atoms with Crippen LogP contribution in [0.4, 0.5) is 0 Å². The van der Waals surface area contributed by atoms with Gasteiger partial charge in [-0.2, -0.15) is 5.26 Å². The summed E-state index contributed by atoms with van der Waals surface area (Å²) < 4.78 is 5.30. The van der Waals surface area contributed by atoms with Gasteiger partial charge in [-0.05, 0) is 18.8 Å². The molecule has 0 spiro atoms. The molecule has 0 saturated heterocycles. The predicted octanol–water partition coefficient (Wildman–Crippen LogP) is 2.35. The van der Waals surface area contributed by atoms with Gasteiger partial charge in [0.2, 0.25) is 0 Å². The molecule has 2 heteroatoms. The highest BCUT2D eigenvalue weighted by Gasteiger charge is 1.93. The second-order valence-electron chi connectivity index (χ2n) is 3.06. The molecule has 0 atom stereocenters. The zero-order valence-electron chi connectivity index (χ0n) is 7.47. The van der Waals surface area contributed by atoms with Crippen molar-refractivity contribution in [2.24, 2.45) is 5.92 Å². The van der Waals surface area contributed by atoms with Gasteiger partial charge in [-0.1, -0.05) is 13.8 Å². The first-order chi connectivity index (χ1) is 5.27. The molecule has 64 valence electrons. The van der Waals surface area contributed by atoms with Crippen molar-refractivity contribution in [3.63, 3.8) is 0 Å². The zero-order chi connectivity index (χ0) is 8.53. The molecule has 2 nitrogen and oxygen atoms in total. The minimum absolute atomic E-state index is 0.613.